The Kier molecular flexibility index (Phi) is 1.34. The van der Waals surface area contributed by atoms with Crippen LogP contribution in [0.4, 0.5) is 0 Å². The van der Waals surface area contributed by atoms with Gasteiger partial charge in [-0.05, 0) is 18.0 Å². The highest BCUT2D eigenvalue weighted by molar-refractivity contribution is 5.33. The molecule has 1 aliphatic carbocycles. The van der Waals surface area contributed by atoms with E-state index in [4.69, 9.17) is 14.5 Å². The molecule has 1 heterocycles. The third-order valence-corrected chi connectivity index (χ3v) is 2.13. The van der Waals surface area contributed by atoms with Crippen molar-refractivity contribution in [2.45, 2.75) is 18.3 Å². The smallest absolute Gasteiger partial charge is 0.254 e. The minimum atomic E-state index is -0.399. The molecule has 4 heteroatoms. The predicted molar refractivity (Wildman–Crippen MR) is 39.6 cm³/mol. The molecule has 1 fully saturated rings. The number of aromatic nitrogens is 1. The lowest BCUT2D eigenvalue weighted by Gasteiger charge is -1.94. The third kappa shape index (κ3) is 0.866. The third-order valence-electron chi connectivity index (χ3n) is 2.13. The van der Waals surface area contributed by atoms with Crippen LogP contribution in [0, 0.1) is 11.3 Å². The lowest BCUT2D eigenvalue weighted by molar-refractivity contribution is 0.321. The summed E-state index contributed by atoms with van der Waals surface area (Å²) >= 11 is 0. The summed E-state index contributed by atoms with van der Waals surface area (Å²) in [5, 5.41) is 12.5. The number of hydrogen-bond donors (Lipinski definition) is 0. The highest BCUT2D eigenvalue weighted by Gasteiger charge is 2.48. The fourth-order valence-corrected chi connectivity index (χ4v) is 1.12. The zero-order valence-electron chi connectivity index (χ0n) is 6.70. The molecule has 0 saturated heterocycles. The fourth-order valence-electron chi connectivity index (χ4n) is 1.12. The van der Waals surface area contributed by atoms with Gasteiger partial charge in [-0.1, -0.05) is 0 Å². The first-order valence-corrected chi connectivity index (χ1v) is 3.73. The maximum atomic E-state index is 8.81. The van der Waals surface area contributed by atoms with Crippen molar-refractivity contribution in [1.82, 2.24) is 5.16 Å². The average Bonchev–Trinajstić information content (AvgIpc) is 2.77. The molecule has 0 aromatic carbocycles. The van der Waals surface area contributed by atoms with Crippen LogP contribution >= 0.6 is 0 Å². The van der Waals surface area contributed by atoms with Crippen LogP contribution in [-0.2, 0) is 5.41 Å². The molecule has 1 aliphatic rings. The Morgan fingerprint density at radius 3 is 2.92 bits per heavy atom. The molecule has 0 aliphatic heterocycles. The first kappa shape index (κ1) is 7.17. The van der Waals surface area contributed by atoms with E-state index < -0.39 is 5.41 Å². The maximum Gasteiger partial charge on any atom is 0.254 e. The van der Waals surface area contributed by atoms with Crippen molar-refractivity contribution >= 4 is 0 Å². The lowest BCUT2D eigenvalue weighted by Crippen LogP contribution is -1.99. The predicted octanol–water partition coefficient (Wildman–Crippen LogP) is 1.24. The molecular formula is C8H8N2O2. The summed E-state index contributed by atoms with van der Waals surface area (Å²) in [7, 11) is 1.52. The topological polar surface area (TPSA) is 59.0 Å². The molecule has 0 radical (unpaired) electrons. The molecule has 1 aromatic heterocycles. The maximum absolute atomic E-state index is 8.81. The average molecular weight is 164 g/mol. The Morgan fingerprint density at radius 1 is 1.75 bits per heavy atom. The standard InChI is InChI=1S/C8H8N2O2/c1-11-7-4-6(12-10-7)8(5-9)2-3-8/h4H,2-3H2,1H3. The van der Waals surface area contributed by atoms with Crippen LogP contribution < -0.4 is 4.74 Å². The Bertz CT molecular complexity index is 333. The zero-order valence-corrected chi connectivity index (χ0v) is 6.70. The number of nitriles is 1. The SMILES string of the molecule is COc1cc(C2(C#N)CC2)on1. The molecule has 0 amide bonds. The van der Waals surface area contributed by atoms with Gasteiger partial charge in [0.05, 0.1) is 13.2 Å². The second-order valence-corrected chi connectivity index (χ2v) is 2.93. The van der Waals surface area contributed by atoms with Crippen molar-refractivity contribution in [3.63, 3.8) is 0 Å². The molecule has 0 bridgehead atoms. The first-order chi connectivity index (χ1) is 5.80. The largest absolute Gasteiger partial charge is 0.479 e. The Labute approximate surface area is 69.7 Å². The second kappa shape index (κ2) is 2.24. The van der Waals surface area contributed by atoms with Gasteiger partial charge in [0.25, 0.3) is 5.88 Å². The van der Waals surface area contributed by atoms with Gasteiger partial charge in [0.2, 0.25) is 0 Å². The van der Waals surface area contributed by atoms with E-state index in [0.29, 0.717) is 11.6 Å². The van der Waals surface area contributed by atoms with Crippen molar-refractivity contribution in [3.05, 3.63) is 11.8 Å². The van der Waals surface area contributed by atoms with E-state index >= 15 is 0 Å². The van der Waals surface area contributed by atoms with Crippen molar-refractivity contribution in [2.24, 2.45) is 0 Å². The molecule has 1 saturated carbocycles. The molecule has 4 nitrogen and oxygen atoms in total. The van der Waals surface area contributed by atoms with Gasteiger partial charge in [0, 0.05) is 6.07 Å². The summed E-state index contributed by atoms with van der Waals surface area (Å²) in [6, 6.07) is 3.89. The highest BCUT2D eigenvalue weighted by atomic mass is 16.5. The van der Waals surface area contributed by atoms with Crippen molar-refractivity contribution in [3.8, 4) is 11.9 Å². The monoisotopic (exact) mass is 164 g/mol. The summed E-state index contributed by atoms with van der Waals surface area (Å²) in [6.07, 6.45) is 1.73. The Morgan fingerprint density at radius 2 is 2.50 bits per heavy atom. The normalized spacial score (nSPS) is 18.3. The van der Waals surface area contributed by atoms with E-state index in [0.717, 1.165) is 12.8 Å². The minimum absolute atomic E-state index is 0.399. The van der Waals surface area contributed by atoms with Crippen LogP contribution in [0.2, 0.25) is 0 Å². The van der Waals surface area contributed by atoms with Gasteiger partial charge in [0.15, 0.2) is 5.76 Å². The molecule has 0 N–H and O–H groups in total. The number of nitrogens with zero attached hydrogens (tertiary/aromatic N) is 2. The van der Waals surface area contributed by atoms with Crippen molar-refractivity contribution in [2.75, 3.05) is 7.11 Å². The number of hydrogen-bond acceptors (Lipinski definition) is 4. The zero-order chi connectivity index (χ0) is 8.60. The van der Waals surface area contributed by atoms with E-state index in [1.54, 1.807) is 6.07 Å². The number of methoxy groups -OCH3 is 1. The van der Waals surface area contributed by atoms with Crippen LogP contribution in [0.1, 0.15) is 18.6 Å². The number of ether oxygens (including phenoxy) is 1. The highest BCUT2D eigenvalue weighted by Crippen LogP contribution is 2.48. The van der Waals surface area contributed by atoms with Crippen LogP contribution in [0.15, 0.2) is 10.6 Å². The molecule has 1 aromatic rings. The second-order valence-electron chi connectivity index (χ2n) is 2.93. The van der Waals surface area contributed by atoms with Crippen LogP contribution in [-0.4, -0.2) is 12.3 Å². The Balaban J connectivity index is 2.30. The molecule has 62 valence electrons. The molecule has 2 rings (SSSR count). The minimum Gasteiger partial charge on any atom is -0.479 e. The summed E-state index contributed by atoms with van der Waals surface area (Å²) in [6.45, 7) is 0. The van der Waals surface area contributed by atoms with Crippen molar-refractivity contribution < 1.29 is 9.26 Å². The molecular weight excluding hydrogens is 156 g/mol. The summed E-state index contributed by atoms with van der Waals surface area (Å²) in [5.41, 5.74) is -0.399. The van der Waals surface area contributed by atoms with Crippen LogP contribution in [0.25, 0.3) is 0 Å². The van der Waals surface area contributed by atoms with Gasteiger partial charge < -0.3 is 9.26 Å². The molecule has 0 unspecified atom stereocenters. The van der Waals surface area contributed by atoms with E-state index in [1.807, 2.05) is 0 Å². The van der Waals surface area contributed by atoms with Crippen LogP contribution in [0.3, 0.4) is 0 Å². The van der Waals surface area contributed by atoms with Crippen molar-refractivity contribution in [1.29, 1.82) is 5.26 Å². The molecule has 0 atom stereocenters. The van der Waals surface area contributed by atoms with Gasteiger partial charge in [0.1, 0.15) is 5.41 Å². The fraction of sp³-hybridized carbons (Fsp3) is 0.500. The first-order valence-electron chi connectivity index (χ1n) is 3.73. The van der Waals surface area contributed by atoms with Gasteiger partial charge in [-0.25, -0.2) is 0 Å². The van der Waals surface area contributed by atoms with Gasteiger partial charge in [-0.15, -0.1) is 0 Å². The Hall–Kier alpha value is -1.50. The van der Waals surface area contributed by atoms with Gasteiger partial charge >= 0.3 is 0 Å². The summed E-state index contributed by atoms with van der Waals surface area (Å²) in [4.78, 5) is 0. The summed E-state index contributed by atoms with van der Waals surface area (Å²) in [5.74, 6) is 1.06. The van der Waals surface area contributed by atoms with E-state index in [-0.39, 0.29) is 0 Å². The van der Waals surface area contributed by atoms with E-state index in [2.05, 4.69) is 11.2 Å². The van der Waals surface area contributed by atoms with Gasteiger partial charge in [-0.3, -0.25) is 0 Å². The molecule has 0 spiro atoms. The molecule has 12 heavy (non-hydrogen) atoms. The lowest BCUT2D eigenvalue weighted by atomic mass is 10.1. The van der Waals surface area contributed by atoms with E-state index in [9.17, 15) is 0 Å². The number of rotatable bonds is 2. The van der Waals surface area contributed by atoms with Crippen LogP contribution in [0.5, 0.6) is 5.88 Å². The summed E-state index contributed by atoms with van der Waals surface area (Å²) < 4.78 is 9.82. The quantitative estimate of drug-likeness (QED) is 0.659. The van der Waals surface area contributed by atoms with Gasteiger partial charge in [-0.2, -0.15) is 5.26 Å². The van der Waals surface area contributed by atoms with E-state index in [1.165, 1.54) is 7.11 Å².